The first-order chi connectivity index (χ1) is 30.3. The second-order valence-electron chi connectivity index (χ2n) is 12.5. The molecular formula is C36H61F13O15. The van der Waals surface area contributed by atoms with Crippen LogP contribution in [0.3, 0.4) is 0 Å². The highest BCUT2D eigenvalue weighted by atomic mass is 19.4. The number of alkyl halides is 13. The van der Waals surface area contributed by atoms with Gasteiger partial charge in [0, 0.05) is 6.42 Å². The van der Waals surface area contributed by atoms with Gasteiger partial charge in [0.05, 0.1) is 192 Å². The molecule has 0 aromatic heterocycles. The lowest BCUT2D eigenvalue weighted by Crippen LogP contribution is -2.70. The first kappa shape index (κ1) is 62.5. The zero-order valence-electron chi connectivity index (χ0n) is 35.3. The van der Waals surface area contributed by atoms with Gasteiger partial charge in [0.25, 0.3) is 0 Å². The van der Waals surface area contributed by atoms with Gasteiger partial charge < -0.3 is 71.4 Å². The van der Waals surface area contributed by atoms with Gasteiger partial charge in [0.1, 0.15) is 0 Å². The zero-order chi connectivity index (χ0) is 48.1. The molecule has 0 aliphatic rings. The molecule has 0 radical (unpaired) electrons. The summed E-state index contributed by atoms with van der Waals surface area (Å²) in [5, 5.41) is 8.58. The summed E-state index contributed by atoms with van der Waals surface area (Å²) < 4.78 is 244. The molecule has 0 spiro atoms. The van der Waals surface area contributed by atoms with Crippen molar-refractivity contribution < 1.29 is 128 Å². The van der Waals surface area contributed by atoms with Crippen LogP contribution in [0.4, 0.5) is 57.1 Å². The van der Waals surface area contributed by atoms with Crippen molar-refractivity contribution >= 4 is 0 Å². The average Bonchev–Trinajstić information content (AvgIpc) is 3.23. The summed E-state index contributed by atoms with van der Waals surface area (Å²) >= 11 is 0. The van der Waals surface area contributed by atoms with E-state index in [1.165, 1.54) is 0 Å². The van der Waals surface area contributed by atoms with E-state index in [1.807, 2.05) is 0 Å². The largest absolute Gasteiger partial charge is 0.460 e. The fraction of sp³-hybridized carbons (Fsp3) is 1.00. The molecule has 0 fully saturated rings. The third kappa shape index (κ3) is 26.7. The molecule has 0 saturated heterocycles. The topological polar surface area (TPSA) is 149 Å². The van der Waals surface area contributed by atoms with Crippen LogP contribution < -0.4 is 0 Å². The minimum atomic E-state index is -7.93. The Morgan fingerprint density at radius 3 is 0.578 bits per heavy atom. The van der Waals surface area contributed by atoms with Crippen molar-refractivity contribution in [1.29, 1.82) is 0 Å². The molecule has 0 aliphatic carbocycles. The van der Waals surface area contributed by atoms with E-state index in [-0.39, 0.29) is 52.9 Å². The fourth-order valence-corrected chi connectivity index (χ4v) is 4.18. The van der Waals surface area contributed by atoms with Gasteiger partial charge >= 0.3 is 35.8 Å². The summed E-state index contributed by atoms with van der Waals surface area (Å²) in [6.07, 6.45) is -9.89. The molecule has 15 nitrogen and oxygen atoms in total. The molecule has 1 N–H and O–H groups in total. The molecule has 0 aliphatic heterocycles. The van der Waals surface area contributed by atoms with Gasteiger partial charge in [-0.15, -0.1) is 0 Å². The van der Waals surface area contributed by atoms with Crippen LogP contribution in [0.25, 0.3) is 0 Å². The molecule has 0 heterocycles. The van der Waals surface area contributed by atoms with Gasteiger partial charge in [-0.1, -0.05) is 0 Å². The van der Waals surface area contributed by atoms with Gasteiger partial charge in [-0.05, 0) is 0 Å². The molecule has 0 bridgehead atoms. The third-order valence-electron chi connectivity index (χ3n) is 7.63. The van der Waals surface area contributed by atoms with E-state index in [0.29, 0.717) is 126 Å². The van der Waals surface area contributed by atoms with Crippen molar-refractivity contribution in [2.75, 3.05) is 192 Å². The molecule has 64 heavy (non-hydrogen) atoms. The number of hydrogen-bond acceptors (Lipinski definition) is 15. The predicted molar refractivity (Wildman–Crippen MR) is 194 cm³/mol. The Balaban J connectivity index is 3.48. The quantitative estimate of drug-likeness (QED) is 0.0681. The lowest BCUT2D eigenvalue weighted by atomic mass is 9.93. The van der Waals surface area contributed by atoms with Crippen molar-refractivity contribution in [3.05, 3.63) is 0 Å². The standard InChI is InChI=1S/C36H61F13O15/c37-31(38,32(39,40)33(41,42)34(43,44)35(45,46)36(47,48)49)1-3-51-5-7-53-9-11-55-13-15-57-17-19-59-21-23-61-25-27-63-29-30-64-28-26-62-24-22-60-20-18-58-16-14-56-12-10-54-8-6-52-4-2-50/h50H,1-30H2. The Morgan fingerprint density at radius 2 is 0.391 bits per heavy atom. The summed E-state index contributed by atoms with van der Waals surface area (Å²) in [7, 11) is 0. The average molecular weight is 981 g/mol. The minimum absolute atomic E-state index is 0.0103. The van der Waals surface area contributed by atoms with Crippen molar-refractivity contribution in [3.8, 4) is 0 Å². The molecule has 28 heteroatoms. The van der Waals surface area contributed by atoms with E-state index in [9.17, 15) is 57.1 Å². The van der Waals surface area contributed by atoms with Crippen LogP contribution in [-0.2, 0) is 66.3 Å². The molecule has 0 amide bonds. The van der Waals surface area contributed by atoms with Crippen LogP contribution in [0, 0.1) is 0 Å². The van der Waals surface area contributed by atoms with E-state index in [0.717, 1.165) is 0 Å². The second-order valence-corrected chi connectivity index (χ2v) is 12.5. The van der Waals surface area contributed by atoms with Gasteiger partial charge in [0.15, 0.2) is 0 Å². The number of ether oxygens (including phenoxy) is 14. The van der Waals surface area contributed by atoms with Crippen LogP contribution in [0.5, 0.6) is 0 Å². The monoisotopic (exact) mass is 980 g/mol. The first-order valence-electron chi connectivity index (χ1n) is 20.0. The van der Waals surface area contributed by atoms with Crippen LogP contribution in [0.2, 0.25) is 0 Å². The molecule has 386 valence electrons. The maximum absolute atomic E-state index is 13.7. The van der Waals surface area contributed by atoms with Gasteiger partial charge in [-0.25, -0.2) is 0 Å². The number of rotatable bonds is 48. The third-order valence-corrected chi connectivity index (χ3v) is 7.63. The van der Waals surface area contributed by atoms with Gasteiger partial charge in [-0.2, -0.15) is 57.1 Å². The second kappa shape index (κ2) is 36.5. The predicted octanol–water partition coefficient (Wildman–Crippen LogP) is 4.34. The number of hydrogen-bond donors (Lipinski definition) is 1. The Kier molecular flexibility index (Phi) is 35.7. The van der Waals surface area contributed by atoms with Gasteiger partial charge in [-0.3, -0.25) is 0 Å². The molecule has 0 saturated carbocycles. The molecular weight excluding hydrogens is 919 g/mol. The number of aliphatic hydroxyl groups excluding tert-OH is 1. The van der Waals surface area contributed by atoms with Crippen molar-refractivity contribution in [3.63, 3.8) is 0 Å². The number of aliphatic hydroxyl groups is 1. The summed E-state index contributed by atoms with van der Waals surface area (Å²) in [6, 6.07) is 0. The van der Waals surface area contributed by atoms with E-state index in [4.69, 9.17) is 66.7 Å². The van der Waals surface area contributed by atoms with Crippen LogP contribution in [0.15, 0.2) is 0 Å². The first-order valence-corrected chi connectivity index (χ1v) is 20.0. The summed E-state index contributed by atoms with van der Waals surface area (Å²) in [5.41, 5.74) is 0. The van der Waals surface area contributed by atoms with Crippen LogP contribution >= 0.6 is 0 Å². The molecule has 0 aromatic rings. The normalized spacial score (nSPS) is 13.4. The number of halogens is 13. The van der Waals surface area contributed by atoms with Crippen LogP contribution in [0.1, 0.15) is 6.42 Å². The van der Waals surface area contributed by atoms with E-state index in [2.05, 4.69) is 4.74 Å². The Bertz CT molecular complexity index is 1070. The van der Waals surface area contributed by atoms with Gasteiger partial charge in [0.2, 0.25) is 0 Å². The van der Waals surface area contributed by atoms with E-state index >= 15 is 0 Å². The van der Waals surface area contributed by atoms with E-state index < -0.39 is 55.4 Å². The Labute approximate surface area is 362 Å². The Hall–Kier alpha value is -1.51. The highest BCUT2D eigenvalue weighted by Gasteiger charge is 2.90. The minimum Gasteiger partial charge on any atom is -0.394 e. The summed E-state index contributed by atoms with van der Waals surface area (Å²) in [6.45, 7) is 6.02. The molecule has 0 atom stereocenters. The van der Waals surface area contributed by atoms with Crippen molar-refractivity contribution in [2.24, 2.45) is 0 Å². The Morgan fingerprint density at radius 1 is 0.219 bits per heavy atom. The summed E-state index contributed by atoms with van der Waals surface area (Å²) in [5.74, 6) is -37.0. The SMILES string of the molecule is OCCOCCOCCOCCOCCOCCOCCOCCOCCOCCOCCOCCOCCOCCOCCC(F)(F)C(F)(F)C(F)(F)C(F)(F)C(F)(F)C(F)(F)F. The lowest BCUT2D eigenvalue weighted by molar-refractivity contribution is -0.440. The lowest BCUT2D eigenvalue weighted by Gasteiger charge is -2.39. The van der Waals surface area contributed by atoms with Crippen molar-refractivity contribution in [1.82, 2.24) is 0 Å². The molecule has 0 rings (SSSR count). The maximum atomic E-state index is 13.7. The van der Waals surface area contributed by atoms with Crippen molar-refractivity contribution in [2.45, 2.75) is 42.2 Å². The molecule has 0 aromatic carbocycles. The smallest absolute Gasteiger partial charge is 0.394 e. The maximum Gasteiger partial charge on any atom is 0.460 e. The molecule has 0 unspecified atom stereocenters. The van der Waals surface area contributed by atoms with Crippen LogP contribution in [-0.4, -0.2) is 232 Å². The highest BCUT2D eigenvalue weighted by Crippen LogP contribution is 2.60. The van der Waals surface area contributed by atoms with E-state index in [1.54, 1.807) is 0 Å². The zero-order valence-corrected chi connectivity index (χ0v) is 35.3. The fourth-order valence-electron chi connectivity index (χ4n) is 4.18. The summed E-state index contributed by atoms with van der Waals surface area (Å²) in [4.78, 5) is 0. The highest BCUT2D eigenvalue weighted by molar-refractivity contribution is 5.10.